The number of hydrogen-bond acceptors (Lipinski definition) is 1. The number of hydrogen-bond donors (Lipinski definition) is 0. The summed E-state index contributed by atoms with van der Waals surface area (Å²) in [5.74, 6) is 0. The summed E-state index contributed by atoms with van der Waals surface area (Å²) in [6.45, 7) is 0.788. The molecule has 0 fully saturated rings. The van der Waals surface area contributed by atoms with E-state index in [0.717, 1.165) is 24.2 Å². The van der Waals surface area contributed by atoms with Gasteiger partial charge in [0.2, 0.25) is 0 Å². The molecular weight excluding hydrogens is 304 g/mol. The summed E-state index contributed by atoms with van der Waals surface area (Å²) in [7, 11) is 0. The Hall–Kier alpha value is -3.13. The Morgan fingerprint density at radius 2 is 1.20 bits per heavy atom. The van der Waals surface area contributed by atoms with Crippen molar-refractivity contribution in [1.82, 2.24) is 9.78 Å². The van der Waals surface area contributed by atoms with E-state index in [-0.39, 0.29) is 0 Å². The number of rotatable bonds is 5. The van der Waals surface area contributed by atoms with Crippen LogP contribution in [0.3, 0.4) is 0 Å². The second-order valence-electron chi connectivity index (χ2n) is 6.19. The molecule has 0 aliphatic rings. The normalized spacial score (nSPS) is 10.7. The lowest BCUT2D eigenvalue weighted by Gasteiger charge is -2.08. The van der Waals surface area contributed by atoms with E-state index in [1.165, 1.54) is 16.8 Å². The Morgan fingerprint density at radius 3 is 1.84 bits per heavy atom. The minimum atomic E-state index is 0.788. The summed E-state index contributed by atoms with van der Waals surface area (Å²) in [5.41, 5.74) is 5.98. The van der Waals surface area contributed by atoms with Crippen LogP contribution in [0.2, 0.25) is 0 Å². The van der Waals surface area contributed by atoms with Gasteiger partial charge in [0.15, 0.2) is 0 Å². The van der Waals surface area contributed by atoms with Crippen LogP contribution in [0.1, 0.15) is 16.8 Å². The fourth-order valence-electron chi connectivity index (χ4n) is 3.05. The van der Waals surface area contributed by atoms with Gasteiger partial charge in [-0.25, -0.2) is 0 Å². The molecule has 0 bridgehead atoms. The monoisotopic (exact) mass is 324 g/mol. The summed E-state index contributed by atoms with van der Waals surface area (Å²) in [6.07, 6.45) is 0.882. The van der Waals surface area contributed by atoms with Crippen LogP contribution >= 0.6 is 0 Å². The second-order valence-corrected chi connectivity index (χ2v) is 6.19. The Labute approximate surface area is 148 Å². The molecule has 0 unspecified atom stereocenters. The molecule has 0 saturated heterocycles. The van der Waals surface area contributed by atoms with Gasteiger partial charge in [0.05, 0.1) is 12.2 Å². The maximum absolute atomic E-state index is 4.89. The van der Waals surface area contributed by atoms with Crippen molar-refractivity contribution in [3.05, 3.63) is 114 Å². The van der Waals surface area contributed by atoms with Crippen molar-refractivity contribution >= 4 is 0 Å². The number of nitrogens with zero attached hydrogens (tertiary/aromatic N) is 2. The zero-order valence-electron chi connectivity index (χ0n) is 14.0. The molecule has 122 valence electrons. The van der Waals surface area contributed by atoms with Crippen LogP contribution < -0.4 is 0 Å². The summed E-state index contributed by atoms with van der Waals surface area (Å²) in [4.78, 5) is 0. The molecule has 0 radical (unpaired) electrons. The van der Waals surface area contributed by atoms with Crippen molar-refractivity contribution in [1.29, 1.82) is 0 Å². The van der Waals surface area contributed by atoms with Gasteiger partial charge in [-0.15, -0.1) is 0 Å². The lowest BCUT2D eigenvalue weighted by molar-refractivity contribution is 0.656. The third-order valence-electron chi connectivity index (χ3n) is 4.34. The van der Waals surface area contributed by atoms with Gasteiger partial charge in [-0.3, -0.25) is 4.68 Å². The van der Waals surface area contributed by atoms with E-state index in [1.807, 2.05) is 12.1 Å². The molecule has 3 aromatic carbocycles. The van der Waals surface area contributed by atoms with E-state index in [0.29, 0.717) is 0 Å². The third kappa shape index (κ3) is 3.69. The molecule has 0 atom stereocenters. The lowest BCUT2D eigenvalue weighted by atomic mass is 10.1. The van der Waals surface area contributed by atoms with Gasteiger partial charge in [-0.05, 0) is 17.2 Å². The molecule has 0 spiro atoms. The minimum absolute atomic E-state index is 0.788. The van der Waals surface area contributed by atoms with Gasteiger partial charge >= 0.3 is 0 Å². The lowest BCUT2D eigenvalue weighted by Crippen LogP contribution is -2.06. The molecule has 4 aromatic rings. The third-order valence-corrected chi connectivity index (χ3v) is 4.34. The molecule has 2 heteroatoms. The zero-order chi connectivity index (χ0) is 16.9. The average molecular weight is 324 g/mol. The van der Waals surface area contributed by atoms with E-state index in [9.17, 15) is 0 Å². The highest BCUT2D eigenvalue weighted by atomic mass is 15.3. The van der Waals surface area contributed by atoms with Crippen LogP contribution in [-0.2, 0) is 13.0 Å². The van der Waals surface area contributed by atoms with E-state index < -0.39 is 0 Å². The quantitative estimate of drug-likeness (QED) is 0.494. The van der Waals surface area contributed by atoms with Crippen LogP contribution in [0.25, 0.3) is 11.3 Å². The number of aromatic nitrogens is 2. The Bertz CT molecular complexity index is 867. The van der Waals surface area contributed by atoms with Gasteiger partial charge in [0.25, 0.3) is 0 Å². The molecule has 0 N–H and O–H groups in total. The predicted molar refractivity (Wildman–Crippen MR) is 102 cm³/mol. The first-order valence-corrected chi connectivity index (χ1v) is 8.58. The minimum Gasteiger partial charge on any atom is -0.264 e. The molecular formula is C23H20N2. The summed E-state index contributed by atoms with van der Waals surface area (Å²) in [6, 6.07) is 33.7. The number of benzene rings is 3. The average Bonchev–Trinajstić information content (AvgIpc) is 3.06. The maximum Gasteiger partial charge on any atom is 0.0926 e. The molecule has 0 amide bonds. The maximum atomic E-state index is 4.89. The van der Waals surface area contributed by atoms with Gasteiger partial charge in [-0.1, -0.05) is 91.0 Å². The van der Waals surface area contributed by atoms with E-state index >= 15 is 0 Å². The first-order chi connectivity index (χ1) is 12.4. The van der Waals surface area contributed by atoms with Crippen LogP contribution in [0.4, 0.5) is 0 Å². The van der Waals surface area contributed by atoms with E-state index in [2.05, 4.69) is 89.6 Å². The molecule has 0 aliphatic carbocycles. The fourth-order valence-corrected chi connectivity index (χ4v) is 3.05. The van der Waals surface area contributed by atoms with Crippen molar-refractivity contribution in [3.8, 4) is 11.3 Å². The topological polar surface area (TPSA) is 17.8 Å². The van der Waals surface area contributed by atoms with Crippen LogP contribution in [0.5, 0.6) is 0 Å². The first kappa shape index (κ1) is 15.4. The highest BCUT2D eigenvalue weighted by Crippen LogP contribution is 2.21. The van der Waals surface area contributed by atoms with Crippen molar-refractivity contribution in [3.63, 3.8) is 0 Å². The van der Waals surface area contributed by atoms with Crippen LogP contribution in [0.15, 0.2) is 97.1 Å². The Morgan fingerprint density at radius 1 is 0.640 bits per heavy atom. The van der Waals surface area contributed by atoms with Crippen molar-refractivity contribution in [2.75, 3.05) is 0 Å². The smallest absolute Gasteiger partial charge is 0.0926 e. The van der Waals surface area contributed by atoms with Crippen LogP contribution in [-0.4, -0.2) is 9.78 Å². The highest BCUT2D eigenvalue weighted by Gasteiger charge is 2.10. The summed E-state index contributed by atoms with van der Waals surface area (Å²) >= 11 is 0. The Balaban J connectivity index is 1.70. The largest absolute Gasteiger partial charge is 0.264 e. The second kappa shape index (κ2) is 7.18. The molecule has 2 nitrogen and oxygen atoms in total. The van der Waals surface area contributed by atoms with Gasteiger partial charge in [0.1, 0.15) is 0 Å². The van der Waals surface area contributed by atoms with Gasteiger partial charge < -0.3 is 0 Å². The fraction of sp³-hybridized carbons (Fsp3) is 0.0870. The van der Waals surface area contributed by atoms with E-state index in [1.54, 1.807) is 0 Å². The SMILES string of the molecule is c1ccc(Cc2cc(-c3ccccc3)nn2Cc2ccccc2)cc1. The summed E-state index contributed by atoms with van der Waals surface area (Å²) < 4.78 is 2.13. The van der Waals surface area contributed by atoms with E-state index in [4.69, 9.17) is 5.10 Å². The van der Waals surface area contributed by atoms with Crippen molar-refractivity contribution < 1.29 is 0 Å². The molecule has 4 rings (SSSR count). The molecule has 1 heterocycles. The predicted octanol–water partition coefficient (Wildman–Crippen LogP) is 5.19. The molecule has 1 aromatic heterocycles. The standard InChI is InChI=1S/C23H20N2/c1-4-10-19(11-5-1)16-22-17-23(21-14-8-3-9-15-21)24-25(22)18-20-12-6-2-7-13-20/h1-15,17H,16,18H2. The molecule has 0 saturated carbocycles. The molecule has 25 heavy (non-hydrogen) atoms. The van der Waals surface area contributed by atoms with Gasteiger partial charge in [0, 0.05) is 17.7 Å². The van der Waals surface area contributed by atoms with Crippen molar-refractivity contribution in [2.24, 2.45) is 0 Å². The zero-order valence-corrected chi connectivity index (χ0v) is 14.0. The highest BCUT2D eigenvalue weighted by molar-refractivity contribution is 5.59. The van der Waals surface area contributed by atoms with Crippen molar-refractivity contribution in [2.45, 2.75) is 13.0 Å². The first-order valence-electron chi connectivity index (χ1n) is 8.58. The Kier molecular flexibility index (Phi) is 4.42. The van der Waals surface area contributed by atoms with Gasteiger partial charge in [-0.2, -0.15) is 5.10 Å². The summed E-state index contributed by atoms with van der Waals surface area (Å²) in [5, 5.41) is 4.89. The molecule has 0 aliphatic heterocycles. The van der Waals surface area contributed by atoms with Crippen LogP contribution in [0, 0.1) is 0 Å².